The van der Waals surface area contributed by atoms with Crippen molar-refractivity contribution in [1.29, 1.82) is 0 Å². The first kappa shape index (κ1) is 22.3. The molecular formula is C23H25N3O4S2. The number of thiophene rings is 1. The minimum atomic E-state index is -3.88. The number of carbonyl (C=O) groups excluding carboxylic acids is 1. The predicted octanol–water partition coefficient (Wildman–Crippen LogP) is 3.52. The van der Waals surface area contributed by atoms with Crippen molar-refractivity contribution in [1.82, 2.24) is 9.80 Å². The third kappa shape index (κ3) is 5.12. The lowest BCUT2D eigenvalue weighted by Crippen LogP contribution is -2.48. The highest BCUT2D eigenvalue weighted by molar-refractivity contribution is 7.92. The quantitative estimate of drug-likeness (QED) is 0.571. The minimum absolute atomic E-state index is 0.0327. The van der Waals surface area contributed by atoms with Crippen LogP contribution in [-0.4, -0.2) is 57.4 Å². The van der Waals surface area contributed by atoms with Crippen LogP contribution in [-0.2, 0) is 16.6 Å². The summed E-state index contributed by atoms with van der Waals surface area (Å²) in [6.07, 6.45) is 0. The summed E-state index contributed by atoms with van der Waals surface area (Å²) in [5.41, 5.74) is 1.99. The Morgan fingerprint density at radius 1 is 1.06 bits per heavy atom. The molecule has 1 aliphatic rings. The summed E-state index contributed by atoms with van der Waals surface area (Å²) in [4.78, 5) is 17.2. The van der Waals surface area contributed by atoms with E-state index < -0.39 is 10.0 Å². The fraction of sp³-hybridized carbons (Fsp3) is 0.261. The Kier molecular flexibility index (Phi) is 6.78. The molecule has 7 nitrogen and oxygen atoms in total. The van der Waals surface area contributed by atoms with Crippen LogP contribution in [0.15, 0.2) is 70.3 Å². The number of nitrogens with one attached hydrogen (secondary N) is 1. The molecule has 0 aliphatic carbocycles. The van der Waals surface area contributed by atoms with Crippen LogP contribution in [0.5, 0.6) is 5.75 Å². The third-order valence-electron chi connectivity index (χ3n) is 5.39. The molecule has 1 N–H and O–H groups in total. The van der Waals surface area contributed by atoms with E-state index in [2.05, 4.69) is 26.4 Å². The van der Waals surface area contributed by atoms with Gasteiger partial charge in [0.05, 0.1) is 17.7 Å². The van der Waals surface area contributed by atoms with E-state index in [0.29, 0.717) is 30.1 Å². The molecule has 1 aliphatic heterocycles. The largest absolute Gasteiger partial charge is 0.495 e. The topological polar surface area (TPSA) is 78.9 Å². The van der Waals surface area contributed by atoms with Crippen molar-refractivity contribution in [3.8, 4) is 5.75 Å². The normalized spacial score (nSPS) is 14.8. The average molecular weight is 472 g/mol. The second-order valence-corrected chi connectivity index (χ2v) is 10.00. The first-order valence-corrected chi connectivity index (χ1v) is 12.7. The van der Waals surface area contributed by atoms with Gasteiger partial charge in [0.2, 0.25) is 0 Å². The SMILES string of the molecule is COc1ccccc1NS(=O)(=O)c1cccc(C(=O)N2CCN(Cc3ccsc3)CC2)c1. The number of sulfonamides is 1. The standard InChI is InChI=1S/C23H25N3O4S2/c1-30-22-8-3-2-7-21(22)24-32(28,29)20-6-4-5-19(15-20)23(27)26-12-10-25(11-13-26)16-18-9-14-31-17-18/h2-9,14-15,17,24H,10-13,16H2,1H3. The molecule has 3 aromatic rings. The molecule has 0 spiro atoms. The van der Waals surface area contributed by atoms with Crippen molar-refractivity contribution in [2.24, 2.45) is 0 Å². The van der Waals surface area contributed by atoms with Crippen LogP contribution >= 0.6 is 11.3 Å². The summed E-state index contributed by atoms with van der Waals surface area (Å²) in [5, 5.41) is 4.21. The van der Waals surface area contributed by atoms with Gasteiger partial charge in [-0.1, -0.05) is 18.2 Å². The Balaban J connectivity index is 1.44. The Bertz CT molecular complexity index is 1170. The number of benzene rings is 2. The highest BCUT2D eigenvalue weighted by Crippen LogP contribution is 2.26. The van der Waals surface area contributed by atoms with Gasteiger partial charge in [-0.3, -0.25) is 14.4 Å². The van der Waals surface area contributed by atoms with E-state index in [1.165, 1.54) is 24.8 Å². The number of anilines is 1. The summed E-state index contributed by atoms with van der Waals surface area (Å²) in [6.45, 7) is 3.68. The Hall–Kier alpha value is -2.88. The molecule has 0 atom stereocenters. The fourth-order valence-electron chi connectivity index (χ4n) is 3.66. The Morgan fingerprint density at radius 2 is 1.84 bits per heavy atom. The zero-order valence-corrected chi connectivity index (χ0v) is 19.4. The monoisotopic (exact) mass is 471 g/mol. The van der Waals surface area contributed by atoms with E-state index in [-0.39, 0.29) is 10.8 Å². The molecule has 0 saturated carbocycles. The minimum Gasteiger partial charge on any atom is -0.495 e. The summed E-state index contributed by atoms with van der Waals surface area (Å²) in [7, 11) is -2.40. The molecule has 1 aromatic heterocycles. The van der Waals surface area contributed by atoms with Crippen molar-refractivity contribution >= 4 is 33.0 Å². The first-order chi connectivity index (χ1) is 15.5. The second kappa shape index (κ2) is 9.72. The van der Waals surface area contributed by atoms with Crippen molar-refractivity contribution in [3.05, 3.63) is 76.5 Å². The van der Waals surface area contributed by atoms with Crippen LogP contribution in [0.25, 0.3) is 0 Å². The van der Waals surface area contributed by atoms with Gasteiger partial charge >= 0.3 is 0 Å². The predicted molar refractivity (Wildman–Crippen MR) is 126 cm³/mol. The molecule has 2 heterocycles. The number of rotatable bonds is 7. The first-order valence-electron chi connectivity index (χ1n) is 10.2. The van der Waals surface area contributed by atoms with Crippen LogP contribution in [0, 0.1) is 0 Å². The fourth-order valence-corrected chi connectivity index (χ4v) is 5.44. The lowest BCUT2D eigenvalue weighted by molar-refractivity contribution is 0.0628. The van der Waals surface area contributed by atoms with Gasteiger partial charge in [0.25, 0.3) is 15.9 Å². The summed E-state index contributed by atoms with van der Waals surface area (Å²) in [6, 6.07) is 15.1. The number of methoxy groups -OCH3 is 1. The molecule has 0 radical (unpaired) electrons. The molecule has 168 valence electrons. The molecule has 32 heavy (non-hydrogen) atoms. The Morgan fingerprint density at radius 3 is 2.56 bits per heavy atom. The number of ether oxygens (including phenoxy) is 1. The van der Waals surface area contributed by atoms with Crippen molar-refractivity contribution in [3.63, 3.8) is 0 Å². The molecular weight excluding hydrogens is 446 g/mol. The molecule has 2 aromatic carbocycles. The van der Waals surface area contributed by atoms with Crippen LogP contribution in [0.4, 0.5) is 5.69 Å². The maximum absolute atomic E-state index is 13.0. The van der Waals surface area contributed by atoms with E-state index in [1.54, 1.807) is 52.6 Å². The summed E-state index contributed by atoms with van der Waals surface area (Å²) < 4.78 is 33.6. The van der Waals surface area contributed by atoms with Crippen LogP contribution < -0.4 is 9.46 Å². The molecule has 1 fully saturated rings. The zero-order valence-electron chi connectivity index (χ0n) is 17.7. The molecule has 9 heteroatoms. The lowest BCUT2D eigenvalue weighted by atomic mass is 10.1. The molecule has 4 rings (SSSR count). The van der Waals surface area contributed by atoms with E-state index in [0.717, 1.165) is 19.6 Å². The highest BCUT2D eigenvalue weighted by atomic mass is 32.2. The highest BCUT2D eigenvalue weighted by Gasteiger charge is 2.24. The van der Waals surface area contributed by atoms with E-state index >= 15 is 0 Å². The van der Waals surface area contributed by atoms with Crippen molar-refractivity contribution < 1.29 is 17.9 Å². The molecule has 1 saturated heterocycles. The maximum atomic E-state index is 13.0. The number of hydrogen-bond donors (Lipinski definition) is 1. The molecule has 0 bridgehead atoms. The maximum Gasteiger partial charge on any atom is 0.262 e. The van der Waals surface area contributed by atoms with E-state index in [9.17, 15) is 13.2 Å². The van der Waals surface area contributed by atoms with Gasteiger partial charge < -0.3 is 9.64 Å². The second-order valence-electron chi connectivity index (χ2n) is 7.53. The van der Waals surface area contributed by atoms with E-state index in [4.69, 9.17) is 4.74 Å². The van der Waals surface area contributed by atoms with Gasteiger partial charge in [-0.05, 0) is 52.7 Å². The van der Waals surface area contributed by atoms with Gasteiger partial charge in [-0.15, -0.1) is 0 Å². The summed E-state index contributed by atoms with van der Waals surface area (Å²) >= 11 is 1.68. The number of carbonyl (C=O) groups is 1. The van der Waals surface area contributed by atoms with Crippen LogP contribution in [0.2, 0.25) is 0 Å². The van der Waals surface area contributed by atoms with Gasteiger partial charge in [0, 0.05) is 38.3 Å². The van der Waals surface area contributed by atoms with E-state index in [1.807, 2.05) is 0 Å². The van der Waals surface area contributed by atoms with Gasteiger partial charge in [-0.25, -0.2) is 8.42 Å². The average Bonchev–Trinajstić information content (AvgIpc) is 3.32. The number of hydrogen-bond acceptors (Lipinski definition) is 6. The Labute approximate surface area is 192 Å². The smallest absolute Gasteiger partial charge is 0.262 e. The third-order valence-corrected chi connectivity index (χ3v) is 7.48. The van der Waals surface area contributed by atoms with Crippen molar-refractivity contribution in [2.45, 2.75) is 11.4 Å². The molecule has 0 unspecified atom stereocenters. The van der Waals surface area contributed by atoms with Gasteiger partial charge in [0.1, 0.15) is 5.75 Å². The lowest BCUT2D eigenvalue weighted by Gasteiger charge is -2.34. The van der Waals surface area contributed by atoms with Gasteiger partial charge in [0.15, 0.2) is 0 Å². The van der Waals surface area contributed by atoms with Crippen LogP contribution in [0.3, 0.4) is 0 Å². The van der Waals surface area contributed by atoms with Crippen molar-refractivity contribution in [2.75, 3.05) is 38.0 Å². The summed E-state index contributed by atoms with van der Waals surface area (Å²) in [5.74, 6) is 0.262. The van der Waals surface area contributed by atoms with Gasteiger partial charge in [-0.2, -0.15) is 11.3 Å². The molecule has 1 amide bonds. The van der Waals surface area contributed by atoms with Crippen LogP contribution in [0.1, 0.15) is 15.9 Å². The number of amides is 1. The number of para-hydroxylation sites is 2. The number of piperazine rings is 1. The number of nitrogens with zero attached hydrogens (tertiary/aromatic N) is 2. The zero-order chi connectivity index (χ0) is 22.6.